The van der Waals surface area contributed by atoms with Gasteiger partial charge in [0.2, 0.25) is 0 Å². The summed E-state index contributed by atoms with van der Waals surface area (Å²) in [7, 11) is 0. The van der Waals surface area contributed by atoms with E-state index in [0.29, 0.717) is 5.41 Å². The first kappa shape index (κ1) is 16.8. The zero-order valence-electron chi connectivity index (χ0n) is 15.5. The fraction of sp³-hybridized carbons (Fsp3) is 1.00. The van der Waals surface area contributed by atoms with Crippen molar-refractivity contribution >= 4 is 0 Å². The van der Waals surface area contributed by atoms with Crippen molar-refractivity contribution in [2.45, 2.75) is 117 Å². The molecule has 3 atom stereocenters. The summed E-state index contributed by atoms with van der Waals surface area (Å²) in [5, 5.41) is 0. The van der Waals surface area contributed by atoms with Gasteiger partial charge in [-0.05, 0) is 67.6 Å². The van der Waals surface area contributed by atoms with Gasteiger partial charge >= 0.3 is 0 Å². The Labute approximate surface area is 139 Å². The quantitative estimate of drug-likeness (QED) is 0.434. The molecule has 3 aliphatic carbocycles. The van der Waals surface area contributed by atoms with Crippen LogP contribution < -0.4 is 0 Å². The fourth-order valence-corrected chi connectivity index (χ4v) is 6.01. The summed E-state index contributed by atoms with van der Waals surface area (Å²) in [6.45, 7) is 5.03. The second-order valence-electron chi connectivity index (χ2n) is 9.79. The second-order valence-corrected chi connectivity index (χ2v) is 9.79. The number of rotatable bonds is 0. The molecule has 3 fully saturated rings. The van der Waals surface area contributed by atoms with E-state index in [0.717, 1.165) is 17.3 Å². The van der Waals surface area contributed by atoms with Gasteiger partial charge in [-0.1, -0.05) is 71.6 Å². The molecule has 0 N–H and O–H groups in total. The highest BCUT2D eigenvalue weighted by Gasteiger charge is 2.56. The molecule has 0 aromatic heterocycles. The van der Waals surface area contributed by atoms with Gasteiger partial charge in [0.25, 0.3) is 0 Å². The summed E-state index contributed by atoms with van der Waals surface area (Å²) in [4.78, 5) is 0. The van der Waals surface area contributed by atoms with Gasteiger partial charge in [-0.15, -0.1) is 0 Å². The van der Waals surface area contributed by atoms with E-state index in [1.807, 2.05) is 0 Å². The van der Waals surface area contributed by atoms with Crippen molar-refractivity contribution in [3.8, 4) is 0 Å². The lowest BCUT2D eigenvalue weighted by Gasteiger charge is -2.31. The third-order valence-electron chi connectivity index (χ3n) is 7.60. The van der Waals surface area contributed by atoms with Gasteiger partial charge in [0.15, 0.2) is 0 Å². The minimum absolute atomic E-state index is 0.609. The molecule has 0 heteroatoms. The average molecular weight is 305 g/mol. The molecular weight excluding hydrogens is 264 g/mol. The van der Waals surface area contributed by atoms with Crippen molar-refractivity contribution in [2.24, 2.45) is 22.7 Å². The Morgan fingerprint density at radius 2 is 1.05 bits per heavy atom. The summed E-state index contributed by atoms with van der Waals surface area (Å²) in [5.74, 6) is 2.22. The van der Waals surface area contributed by atoms with Crippen molar-refractivity contribution in [3.63, 3.8) is 0 Å². The first-order chi connectivity index (χ1) is 10.6. The van der Waals surface area contributed by atoms with Gasteiger partial charge in [0.05, 0.1) is 0 Å². The van der Waals surface area contributed by atoms with Crippen molar-refractivity contribution in [1.82, 2.24) is 0 Å². The van der Waals surface area contributed by atoms with E-state index in [9.17, 15) is 0 Å². The van der Waals surface area contributed by atoms with Crippen LogP contribution in [0.1, 0.15) is 117 Å². The van der Waals surface area contributed by atoms with E-state index >= 15 is 0 Å². The summed E-state index contributed by atoms with van der Waals surface area (Å²) in [5.41, 5.74) is 1.44. The Morgan fingerprint density at radius 3 is 1.77 bits per heavy atom. The molecule has 3 aliphatic rings. The van der Waals surface area contributed by atoms with Crippen molar-refractivity contribution in [2.75, 3.05) is 0 Å². The van der Waals surface area contributed by atoms with Crippen LogP contribution in [0, 0.1) is 22.7 Å². The van der Waals surface area contributed by atoms with Crippen molar-refractivity contribution in [1.29, 1.82) is 0 Å². The highest BCUT2D eigenvalue weighted by Crippen LogP contribution is 2.65. The van der Waals surface area contributed by atoms with Gasteiger partial charge in [0, 0.05) is 0 Å². The monoisotopic (exact) mass is 304 g/mol. The van der Waals surface area contributed by atoms with Crippen LogP contribution in [0.5, 0.6) is 0 Å². The average Bonchev–Trinajstić information content (AvgIpc) is 3.14. The number of hydrogen-bond acceptors (Lipinski definition) is 0. The van der Waals surface area contributed by atoms with E-state index in [1.54, 1.807) is 38.5 Å². The van der Waals surface area contributed by atoms with E-state index in [4.69, 9.17) is 0 Å². The summed E-state index contributed by atoms with van der Waals surface area (Å²) in [6.07, 6.45) is 24.5. The summed E-state index contributed by atoms with van der Waals surface area (Å²) < 4.78 is 0. The molecule has 1 spiro atoms. The Balaban J connectivity index is 1.66. The molecule has 0 heterocycles. The van der Waals surface area contributed by atoms with E-state index < -0.39 is 0 Å². The van der Waals surface area contributed by atoms with Crippen molar-refractivity contribution < 1.29 is 0 Å². The Kier molecular flexibility index (Phi) is 5.56. The summed E-state index contributed by atoms with van der Waals surface area (Å²) in [6, 6.07) is 0. The van der Waals surface area contributed by atoms with Crippen LogP contribution in [0.2, 0.25) is 0 Å². The van der Waals surface area contributed by atoms with Gasteiger partial charge in [-0.2, -0.15) is 0 Å². The molecule has 0 aromatic rings. The molecule has 3 rings (SSSR count). The Bertz CT molecular complexity index is 342. The molecule has 0 saturated heterocycles. The maximum atomic E-state index is 2.51. The minimum atomic E-state index is 0.609. The Morgan fingerprint density at radius 1 is 0.545 bits per heavy atom. The van der Waals surface area contributed by atoms with Crippen LogP contribution >= 0.6 is 0 Å². The predicted molar refractivity (Wildman–Crippen MR) is 97.1 cm³/mol. The maximum absolute atomic E-state index is 2.51. The standard InChI is InChI=1S/C22H40/c1-21(2)15-10-7-13-19-12-6-4-3-5-9-17-22(19)18-20(22)14-8-11-16-21/h19-20H,3-18H2,1-2H3. The smallest absolute Gasteiger partial charge is 0.0238 e. The molecular formula is C22H40. The van der Waals surface area contributed by atoms with Crippen LogP contribution in [0.25, 0.3) is 0 Å². The topological polar surface area (TPSA) is 0 Å². The molecule has 3 saturated carbocycles. The lowest BCUT2D eigenvalue weighted by Crippen LogP contribution is -2.20. The van der Waals surface area contributed by atoms with E-state index in [-0.39, 0.29) is 0 Å². The molecule has 0 aromatic carbocycles. The molecule has 22 heavy (non-hydrogen) atoms. The first-order valence-corrected chi connectivity index (χ1v) is 10.6. The Hall–Kier alpha value is 0. The molecule has 0 bridgehead atoms. The third kappa shape index (κ3) is 4.09. The highest BCUT2D eigenvalue weighted by atomic mass is 14.6. The van der Waals surface area contributed by atoms with Crippen LogP contribution in [0.3, 0.4) is 0 Å². The molecule has 0 nitrogen and oxygen atoms in total. The SMILES string of the molecule is CC1(C)CCCCC2CCCCCCCC23CC3CCCC1. The largest absolute Gasteiger partial charge is 0.0599 e. The van der Waals surface area contributed by atoms with E-state index in [2.05, 4.69) is 13.8 Å². The molecule has 0 amide bonds. The molecule has 0 aliphatic heterocycles. The minimum Gasteiger partial charge on any atom is -0.0599 e. The van der Waals surface area contributed by atoms with Gasteiger partial charge < -0.3 is 0 Å². The number of hydrogen-bond donors (Lipinski definition) is 0. The maximum Gasteiger partial charge on any atom is -0.0238 e. The van der Waals surface area contributed by atoms with Gasteiger partial charge in [0.1, 0.15) is 0 Å². The van der Waals surface area contributed by atoms with Gasteiger partial charge in [-0.25, -0.2) is 0 Å². The van der Waals surface area contributed by atoms with Gasteiger partial charge in [-0.3, -0.25) is 0 Å². The van der Waals surface area contributed by atoms with Crippen LogP contribution in [-0.2, 0) is 0 Å². The lowest BCUT2D eigenvalue weighted by molar-refractivity contribution is 0.202. The zero-order valence-corrected chi connectivity index (χ0v) is 15.5. The van der Waals surface area contributed by atoms with Crippen LogP contribution in [0.4, 0.5) is 0 Å². The molecule has 3 unspecified atom stereocenters. The van der Waals surface area contributed by atoms with Crippen LogP contribution in [-0.4, -0.2) is 0 Å². The normalized spacial score (nSPS) is 40.6. The third-order valence-corrected chi connectivity index (χ3v) is 7.60. The highest BCUT2D eigenvalue weighted by molar-refractivity contribution is 5.06. The summed E-state index contributed by atoms with van der Waals surface area (Å²) >= 11 is 0. The van der Waals surface area contributed by atoms with Crippen LogP contribution in [0.15, 0.2) is 0 Å². The lowest BCUT2D eigenvalue weighted by atomic mass is 9.75. The molecule has 128 valence electrons. The van der Waals surface area contributed by atoms with Crippen molar-refractivity contribution in [3.05, 3.63) is 0 Å². The second kappa shape index (κ2) is 7.27. The predicted octanol–water partition coefficient (Wildman–Crippen LogP) is 7.51. The zero-order chi connectivity index (χ0) is 15.5. The molecule has 0 radical (unpaired) electrons. The van der Waals surface area contributed by atoms with E-state index in [1.165, 1.54) is 64.2 Å². The fourth-order valence-electron chi connectivity index (χ4n) is 6.01. The first-order valence-electron chi connectivity index (χ1n) is 10.6.